The van der Waals surface area contributed by atoms with Crippen LogP contribution in [0.3, 0.4) is 0 Å². The molecule has 0 bridgehead atoms. The van der Waals surface area contributed by atoms with Crippen molar-refractivity contribution in [3.63, 3.8) is 0 Å². The molecule has 3 aliphatic heterocycles. The van der Waals surface area contributed by atoms with E-state index in [1.807, 2.05) is 43.9 Å². The lowest BCUT2D eigenvalue weighted by Crippen LogP contribution is -2.52. The average molecular weight is 1020 g/mol. The van der Waals surface area contributed by atoms with Crippen LogP contribution in [0.15, 0.2) is 70.1 Å². The smallest absolute Gasteiger partial charge is 0.294 e. The molecule has 3 aliphatic rings. The molecule has 20 nitrogen and oxygen atoms in total. The number of hydrazine groups is 1. The minimum absolute atomic E-state index is 0.00358. The molecule has 69 heavy (non-hydrogen) atoms. The van der Waals surface area contributed by atoms with E-state index in [4.69, 9.17) is 5.84 Å². The van der Waals surface area contributed by atoms with Crippen LogP contribution in [0, 0.1) is 0 Å². The Bertz CT molecular complexity index is 2700. The number of hydrogen-bond acceptors (Lipinski definition) is 12. The van der Waals surface area contributed by atoms with Crippen LogP contribution in [-0.2, 0) is 60.4 Å². The number of nitrogens with one attached hydrogen (secondary N) is 4. The molecule has 2 atom stereocenters. The second kappa shape index (κ2) is 23.3. The van der Waals surface area contributed by atoms with E-state index in [-0.39, 0.29) is 66.9 Å². The summed E-state index contributed by atoms with van der Waals surface area (Å²) in [4.78, 5) is 52.5. The molecular formula is C46H66N7O13S3+. The molecule has 380 valence electrons. The first-order valence-electron chi connectivity index (χ1n) is 23.2. The number of anilines is 1. The lowest BCUT2D eigenvalue weighted by Gasteiger charge is -2.30. The molecule has 9 N–H and O–H groups in total. The van der Waals surface area contributed by atoms with Gasteiger partial charge in [-0.1, -0.05) is 25.3 Å². The molecule has 23 heteroatoms. The van der Waals surface area contributed by atoms with Gasteiger partial charge in [0, 0.05) is 79.8 Å². The van der Waals surface area contributed by atoms with Crippen LogP contribution in [-0.4, -0.2) is 111 Å². The first kappa shape index (κ1) is 54.9. The molecule has 4 amide bonds. The Labute approximate surface area is 404 Å². The zero-order chi connectivity index (χ0) is 50.8. The van der Waals surface area contributed by atoms with Crippen molar-refractivity contribution in [3.05, 3.63) is 71.5 Å². The summed E-state index contributed by atoms with van der Waals surface area (Å²) in [5.74, 6) is 3.11. The van der Waals surface area contributed by atoms with Crippen molar-refractivity contribution in [1.29, 1.82) is 0 Å². The molecule has 0 aliphatic carbocycles. The summed E-state index contributed by atoms with van der Waals surface area (Å²) in [6.45, 7) is 6.45. The van der Waals surface area contributed by atoms with Crippen molar-refractivity contribution < 1.29 is 62.7 Å². The number of rotatable bonds is 13. The van der Waals surface area contributed by atoms with Crippen molar-refractivity contribution in [2.24, 2.45) is 5.84 Å². The quantitative estimate of drug-likeness (QED) is 0.0353. The fourth-order valence-electron chi connectivity index (χ4n) is 9.33. The third kappa shape index (κ3) is 14.5. The van der Waals surface area contributed by atoms with Crippen molar-refractivity contribution in [1.82, 2.24) is 21.4 Å². The number of allylic oxidation sites excluding steroid dienone is 4. The highest BCUT2D eigenvalue weighted by molar-refractivity contribution is 7.86. The molecule has 2 aromatic rings. The highest BCUT2D eigenvalue weighted by Gasteiger charge is 2.46. The van der Waals surface area contributed by atoms with Crippen LogP contribution in [0.1, 0.15) is 122 Å². The van der Waals surface area contributed by atoms with Gasteiger partial charge >= 0.3 is 0 Å². The van der Waals surface area contributed by atoms with E-state index in [0.29, 0.717) is 93.3 Å². The van der Waals surface area contributed by atoms with E-state index in [1.54, 1.807) is 12.1 Å². The zero-order valence-corrected chi connectivity index (χ0v) is 41.8. The molecule has 0 spiro atoms. The summed E-state index contributed by atoms with van der Waals surface area (Å²) in [6.07, 6.45) is 11.3. The SMILES string of the molecule is CC1(C)C2=[N+](CCCCCC(=O)NCC(C(=O)NCCCCCC(=O)NN)NC(=O)CCCCCC3(C)/C(=C/C=C2)N(CCCS(=O)(=O)O)c2ccc(S(=O)(=O)O)cc23)c2ccc(S(=O)(=O)O)cc21. The van der Waals surface area contributed by atoms with E-state index in [2.05, 4.69) is 26.0 Å². The minimum Gasteiger partial charge on any atom is -0.354 e. The van der Waals surface area contributed by atoms with Crippen LogP contribution in [0.5, 0.6) is 0 Å². The van der Waals surface area contributed by atoms with Crippen LogP contribution < -0.4 is 32.1 Å². The van der Waals surface area contributed by atoms with Gasteiger partial charge in [-0.3, -0.25) is 38.3 Å². The topological polar surface area (TPSA) is 312 Å². The number of fused-ring (bicyclic) bond motifs is 5. The zero-order valence-electron chi connectivity index (χ0n) is 39.3. The number of carbonyl (C=O) groups is 4. The Morgan fingerprint density at radius 2 is 1.48 bits per heavy atom. The third-order valence-corrected chi connectivity index (χ3v) is 15.5. The first-order valence-corrected chi connectivity index (χ1v) is 27.7. The maximum atomic E-state index is 13.4. The first-order chi connectivity index (χ1) is 32.4. The second-order valence-electron chi connectivity index (χ2n) is 18.5. The fourth-order valence-corrected chi connectivity index (χ4v) is 10.8. The van der Waals surface area contributed by atoms with E-state index in [1.165, 1.54) is 24.3 Å². The Morgan fingerprint density at radius 1 is 0.826 bits per heavy atom. The predicted molar refractivity (Wildman–Crippen MR) is 259 cm³/mol. The minimum atomic E-state index is -4.65. The van der Waals surface area contributed by atoms with Gasteiger partial charge < -0.3 is 20.9 Å². The maximum Gasteiger partial charge on any atom is 0.294 e. The van der Waals surface area contributed by atoms with Gasteiger partial charge in [-0.2, -0.15) is 29.8 Å². The predicted octanol–water partition coefficient (Wildman–Crippen LogP) is 3.84. The van der Waals surface area contributed by atoms with E-state index < -0.39 is 64.8 Å². The van der Waals surface area contributed by atoms with E-state index in [9.17, 15) is 58.1 Å². The molecule has 0 radical (unpaired) electrons. The normalized spacial score (nSPS) is 21.7. The number of carbonyl (C=O) groups excluding carboxylic acids is 4. The highest BCUT2D eigenvalue weighted by atomic mass is 32.2. The van der Waals surface area contributed by atoms with Crippen LogP contribution in [0.2, 0.25) is 0 Å². The second-order valence-corrected chi connectivity index (χ2v) is 22.9. The third-order valence-electron chi connectivity index (χ3n) is 13.0. The Kier molecular flexibility index (Phi) is 18.5. The van der Waals surface area contributed by atoms with Crippen LogP contribution in [0.25, 0.3) is 0 Å². The van der Waals surface area contributed by atoms with E-state index in [0.717, 1.165) is 11.4 Å². The standard InChI is InChI=1S/C46H65N7O13S3/c1-45(2)34-29-32(68(61,62)63)20-22-37(34)52-26-12-6-9-17-41(54)49-31-36(44(57)48-25-11-5-8-19-43(56)51-47)50-42(55)18-7-4-10-24-46(3)35-30-33(69(64,65)66)21-23-38(35)53(27-14-28-67(58,59)60)40(46)16-13-15-39(45)52/h13,15-16,20-23,29-30,36H,4-12,14,17-19,24-28,31,47H2,1-3H3,(H6-,48,49,50,51,54,55,56,57,58,59,60,61,62,63,64,65,66)/p+1. The van der Waals surface area contributed by atoms with Crippen molar-refractivity contribution in [2.75, 3.05) is 36.8 Å². The maximum absolute atomic E-state index is 13.4. The summed E-state index contributed by atoms with van der Waals surface area (Å²) >= 11 is 0. The van der Waals surface area contributed by atoms with Crippen LogP contribution >= 0.6 is 0 Å². The molecule has 0 saturated carbocycles. The number of benzene rings is 2. The van der Waals surface area contributed by atoms with Gasteiger partial charge in [0.1, 0.15) is 12.6 Å². The van der Waals surface area contributed by atoms with Gasteiger partial charge in [0.05, 0.1) is 21.0 Å². The van der Waals surface area contributed by atoms with Gasteiger partial charge in [0.15, 0.2) is 5.71 Å². The fraction of sp³-hybridized carbons (Fsp3) is 0.543. The number of amides is 4. The van der Waals surface area contributed by atoms with Crippen molar-refractivity contribution in [3.8, 4) is 0 Å². The van der Waals surface area contributed by atoms with E-state index >= 15 is 0 Å². The Morgan fingerprint density at radius 3 is 2.14 bits per heavy atom. The summed E-state index contributed by atoms with van der Waals surface area (Å²) in [5, 5.41) is 8.36. The molecule has 2 aromatic carbocycles. The van der Waals surface area contributed by atoms with Gasteiger partial charge in [-0.05, 0) is 108 Å². The lowest BCUT2D eigenvalue weighted by atomic mass is 9.77. The highest BCUT2D eigenvalue weighted by Crippen LogP contribution is 2.51. The number of nitrogens with two attached hydrogens (primary N) is 1. The molecule has 0 aromatic heterocycles. The largest absolute Gasteiger partial charge is 0.354 e. The van der Waals surface area contributed by atoms with Crippen molar-refractivity contribution >= 4 is 71.1 Å². The summed E-state index contributed by atoms with van der Waals surface area (Å²) in [6, 6.07) is 7.56. The van der Waals surface area contributed by atoms with Gasteiger partial charge in [0.25, 0.3) is 30.4 Å². The summed E-state index contributed by atoms with van der Waals surface area (Å²) in [7, 11) is -13.5. The number of hydrogen-bond donors (Lipinski definition) is 8. The van der Waals surface area contributed by atoms with Gasteiger partial charge in [0.2, 0.25) is 29.3 Å². The Hall–Kier alpha value is -5.04. The summed E-state index contributed by atoms with van der Waals surface area (Å²) < 4.78 is 105. The van der Waals surface area contributed by atoms with Crippen molar-refractivity contribution in [2.45, 2.75) is 137 Å². The Balaban J connectivity index is 1.51. The number of nitrogens with zero attached hydrogens (tertiary/aromatic N) is 2. The molecule has 3 heterocycles. The molecule has 0 fully saturated rings. The molecule has 0 saturated heterocycles. The molecular weight excluding hydrogens is 955 g/mol. The molecule has 2 unspecified atom stereocenters. The summed E-state index contributed by atoms with van der Waals surface area (Å²) in [5.41, 5.74) is 4.25. The lowest BCUT2D eigenvalue weighted by molar-refractivity contribution is -0.438. The van der Waals surface area contributed by atoms with Gasteiger partial charge in [-0.25, -0.2) is 5.84 Å². The monoisotopic (exact) mass is 1020 g/mol. The van der Waals surface area contributed by atoms with Gasteiger partial charge in [-0.15, -0.1) is 0 Å². The van der Waals surface area contributed by atoms with Crippen LogP contribution in [0.4, 0.5) is 11.4 Å². The average Bonchev–Trinajstić information content (AvgIpc) is 3.62. The number of unbranched alkanes of at least 4 members (excludes halogenated alkanes) is 2. The molecule has 5 rings (SSSR count).